The fourth-order valence-corrected chi connectivity index (χ4v) is 3.75. The van der Waals surface area contributed by atoms with Gasteiger partial charge in [-0.05, 0) is 57.4 Å². The van der Waals surface area contributed by atoms with E-state index in [0.29, 0.717) is 31.6 Å². The summed E-state index contributed by atoms with van der Waals surface area (Å²) in [4.78, 5) is 0. The van der Waals surface area contributed by atoms with Gasteiger partial charge in [-0.1, -0.05) is 59.6 Å². The molecule has 0 aliphatic rings. The van der Waals surface area contributed by atoms with Gasteiger partial charge in [0.1, 0.15) is 6.61 Å². The van der Waals surface area contributed by atoms with Gasteiger partial charge in [-0.3, -0.25) is 0 Å². The zero-order valence-corrected chi connectivity index (χ0v) is 18.6. The molecule has 0 unspecified atom stereocenters. The van der Waals surface area contributed by atoms with E-state index in [2.05, 4.69) is 22.0 Å². The number of nitriles is 1. The molecule has 0 heterocycles. The maximum Gasteiger partial charge on any atom is 0.175 e. The fourth-order valence-electron chi connectivity index (χ4n) is 2.72. The summed E-state index contributed by atoms with van der Waals surface area (Å²) < 4.78 is 12.2. The number of rotatable bonds is 6. The second-order valence-corrected chi connectivity index (χ2v) is 7.79. The van der Waals surface area contributed by atoms with Crippen LogP contribution in [0.25, 0.3) is 11.6 Å². The number of ether oxygens (including phenoxy) is 2. The summed E-state index contributed by atoms with van der Waals surface area (Å²) in [5.74, 6) is 1.09. The van der Waals surface area contributed by atoms with E-state index in [1.54, 1.807) is 19.2 Å². The standard InChI is InChI=1S/C23H16BrCl2NO2/c1-28-22-11-15(9-18(13-27)16-5-3-2-4-6-16)10-20(24)23(22)29-14-17-7-8-19(25)12-21(17)26/h2-12H,14H2,1H3. The van der Waals surface area contributed by atoms with Crippen molar-refractivity contribution >= 4 is 50.8 Å². The Morgan fingerprint density at radius 1 is 1.10 bits per heavy atom. The van der Waals surface area contributed by atoms with Crippen LogP contribution in [0.4, 0.5) is 0 Å². The number of allylic oxidation sites excluding steroid dienone is 1. The first-order valence-corrected chi connectivity index (χ1v) is 10.2. The Morgan fingerprint density at radius 2 is 1.86 bits per heavy atom. The highest BCUT2D eigenvalue weighted by molar-refractivity contribution is 9.10. The van der Waals surface area contributed by atoms with Crippen molar-refractivity contribution in [1.82, 2.24) is 0 Å². The molecule has 0 saturated heterocycles. The van der Waals surface area contributed by atoms with Gasteiger partial charge < -0.3 is 9.47 Å². The SMILES string of the molecule is COc1cc(C=C(C#N)c2ccccc2)cc(Br)c1OCc1ccc(Cl)cc1Cl. The van der Waals surface area contributed by atoms with Crippen molar-refractivity contribution in [2.24, 2.45) is 0 Å². The van der Waals surface area contributed by atoms with E-state index < -0.39 is 0 Å². The molecule has 0 aliphatic heterocycles. The molecule has 3 nitrogen and oxygen atoms in total. The molecule has 0 saturated carbocycles. The van der Waals surface area contributed by atoms with E-state index in [9.17, 15) is 5.26 Å². The van der Waals surface area contributed by atoms with Crippen LogP contribution in [0.2, 0.25) is 10.0 Å². The number of halogens is 3. The summed E-state index contributed by atoms with van der Waals surface area (Å²) in [6.45, 7) is 0.258. The average Bonchev–Trinajstić information content (AvgIpc) is 2.72. The molecule has 0 N–H and O–H groups in total. The Bertz CT molecular complexity index is 1090. The van der Waals surface area contributed by atoms with E-state index in [0.717, 1.165) is 16.7 Å². The van der Waals surface area contributed by atoms with E-state index in [1.165, 1.54) is 0 Å². The minimum Gasteiger partial charge on any atom is -0.493 e. The fraction of sp³-hybridized carbons (Fsp3) is 0.0870. The smallest absolute Gasteiger partial charge is 0.175 e. The minimum atomic E-state index is 0.258. The summed E-state index contributed by atoms with van der Waals surface area (Å²) in [5, 5.41) is 10.6. The van der Waals surface area contributed by atoms with Crippen LogP contribution < -0.4 is 9.47 Å². The molecule has 0 radical (unpaired) electrons. The monoisotopic (exact) mass is 487 g/mol. The van der Waals surface area contributed by atoms with Gasteiger partial charge in [0.2, 0.25) is 0 Å². The highest BCUT2D eigenvalue weighted by Crippen LogP contribution is 2.38. The second-order valence-electron chi connectivity index (χ2n) is 6.09. The zero-order chi connectivity index (χ0) is 20.8. The maximum atomic E-state index is 9.54. The molecular weight excluding hydrogens is 473 g/mol. The molecule has 0 atom stereocenters. The van der Waals surface area contributed by atoms with Crippen LogP contribution in [0.3, 0.4) is 0 Å². The van der Waals surface area contributed by atoms with Crippen molar-refractivity contribution in [1.29, 1.82) is 5.26 Å². The van der Waals surface area contributed by atoms with Crippen LogP contribution in [0, 0.1) is 11.3 Å². The molecule has 3 aromatic carbocycles. The lowest BCUT2D eigenvalue weighted by Crippen LogP contribution is -2.00. The van der Waals surface area contributed by atoms with Crippen LogP contribution in [0.1, 0.15) is 16.7 Å². The molecule has 0 aromatic heterocycles. The topological polar surface area (TPSA) is 42.2 Å². The molecular formula is C23H16BrCl2NO2. The number of hydrogen-bond acceptors (Lipinski definition) is 3. The summed E-state index contributed by atoms with van der Waals surface area (Å²) in [6, 6.07) is 20.7. The van der Waals surface area contributed by atoms with Gasteiger partial charge >= 0.3 is 0 Å². The molecule has 29 heavy (non-hydrogen) atoms. The van der Waals surface area contributed by atoms with Crippen molar-refractivity contribution in [2.75, 3.05) is 7.11 Å². The Balaban J connectivity index is 1.89. The maximum absolute atomic E-state index is 9.54. The van der Waals surface area contributed by atoms with Crippen molar-refractivity contribution in [3.05, 3.63) is 91.9 Å². The number of hydrogen-bond donors (Lipinski definition) is 0. The van der Waals surface area contributed by atoms with E-state index in [1.807, 2.05) is 54.6 Å². The summed E-state index contributed by atoms with van der Waals surface area (Å²) in [7, 11) is 1.57. The van der Waals surface area contributed by atoms with Gasteiger partial charge in [0.05, 0.1) is 23.2 Å². The second kappa shape index (κ2) is 9.84. The lowest BCUT2D eigenvalue weighted by Gasteiger charge is -2.14. The van der Waals surface area contributed by atoms with Crippen LogP contribution in [-0.2, 0) is 6.61 Å². The van der Waals surface area contributed by atoms with E-state index in [-0.39, 0.29) is 6.61 Å². The molecule has 0 bridgehead atoms. The van der Waals surface area contributed by atoms with Gasteiger partial charge in [-0.2, -0.15) is 5.26 Å². The van der Waals surface area contributed by atoms with Gasteiger partial charge in [-0.25, -0.2) is 0 Å². The van der Waals surface area contributed by atoms with Crippen molar-refractivity contribution in [3.8, 4) is 17.6 Å². The van der Waals surface area contributed by atoms with Crippen molar-refractivity contribution < 1.29 is 9.47 Å². The van der Waals surface area contributed by atoms with Crippen LogP contribution in [0.15, 0.2) is 65.1 Å². The minimum absolute atomic E-state index is 0.258. The first-order valence-electron chi connectivity index (χ1n) is 8.63. The first kappa shape index (κ1) is 21.3. The third kappa shape index (κ3) is 5.33. The van der Waals surface area contributed by atoms with Gasteiger partial charge in [0.25, 0.3) is 0 Å². The Kier molecular flexibility index (Phi) is 7.22. The van der Waals surface area contributed by atoms with Gasteiger partial charge in [0, 0.05) is 15.6 Å². The van der Waals surface area contributed by atoms with Crippen LogP contribution >= 0.6 is 39.1 Å². The summed E-state index contributed by atoms with van der Waals surface area (Å²) in [6.07, 6.45) is 1.81. The zero-order valence-electron chi connectivity index (χ0n) is 15.5. The Labute approximate surface area is 188 Å². The number of benzene rings is 3. The highest BCUT2D eigenvalue weighted by Gasteiger charge is 2.13. The van der Waals surface area contributed by atoms with Gasteiger partial charge in [0.15, 0.2) is 11.5 Å². The normalized spacial score (nSPS) is 11.1. The molecule has 0 spiro atoms. The molecule has 3 rings (SSSR count). The first-order chi connectivity index (χ1) is 14.0. The largest absolute Gasteiger partial charge is 0.493 e. The van der Waals surface area contributed by atoms with Gasteiger partial charge in [-0.15, -0.1) is 0 Å². The quantitative estimate of drug-likeness (QED) is 0.268. The number of nitrogens with zero attached hydrogens (tertiary/aromatic N) is 1. The summed E-state index contributed by atoms with van der Waals surface area (Å²) >= 11 is 15.7. The van der Waals surface area contributed by atoms with Crippen molar-refractivity contribution in [3.63, 3.8) is 0 Å². The van der Waals surface area contributed by atoms with E-state index in [4.69, 9.17) is 32.7 Å². The molecule has 146 valence electrons. The average molecular weight is 489 g/mol. The van der Waals surface area contributed by atoms with Crippen molar-refractivity contribution in [2.45, 2.75) is 6.61 Å². The third-order valence-electron chi connectivity index (χ3n) is 4.16. The predicted octanol–water partition coefficient (Wildman–Crippen LogP) is 7.41. The van der Waals surface area contributed by atoms with E-state index >= 15 is 0 Å². The molecule has 0 amide bonds. The predicted molar refractivity (Wildman–Crippen MR) is 121 cm³/mol. The number of methoxy groups -OCH3 is 1. The Morgan fingerprint density at radius 3 is 2.52 bits per heavy atom. The van der Waals surface area contributed by atoms with Crippen LogP contribution in [0.5, 0.6) is 11.5 Å². The molecule has 6 heteroatoms. The summed E-state index contributed by atoms with van der Waals surface area (Å²) in [5.41, 5.74) is 3.03. The molecule has 3 aromatic rings. The van der Waals surface area contributed by atoms with Crippen LogP contribution in [-0.4, -0.2) is 7.11 Å². The highest BCUT2D eigenvalue weighted by atomic mass is 79.9. The third-order valence-corrected chi connectivity index (χ3v) is 5.33. The lowest BCUT2D eigenvalue weighted by molar-refractivity contribution is 0.282. The molecule has 0 fully saturated rings. The molecule has 0 aliphatic carbocycles. The lowest BCUT2D eigenvalue weighted by atomic mass is 10.0. The Hall–Kier alpha value is -2.45.